The summed E-state index contributed by atoms with van der Waals surface area (Å²) in [5, 5.41) is 0.989. The average Bonchev–Trinajstić information content (AvgIpc) is 3.22. The van der Waals surface area contributed by atoms with Crippen LogP contribution in [0.15, 0.2) is 42.7 Å². The number of likely N-dealkylation sites (tertiary alicyclic amines) is 1. The molecule has 1 amide bonds. The van der Waals surface area contributed by atoms with Crippen LogP contribution in [0.3, 0.4) is 0 Å². The number of aryl methyl sites for hydroxylation is 1. The van der Waals surface area contributed by atoms with Crippen LogP contribution in [0.25, 0.3) is 10.9 Å². The van der Waals surface area contributed by atoms with Gasteiger partial charge in [-0.2, -0.15) is 0 Å². The van der Waals surface area contributed by atoms with E-state index < -0.39 is 0 Å². The first kappa shape index (κ1) is 13.9. The Labute approximate surface area is 134 Å². The predicted molar refractivity (Wildman–Crippen MR) is 88.1 cm³/mol. The largest absolute Gasteiger partial charge is 0.344 e. The van der Waals surface area contributed by atoms with Crippen molar-refractivity contribution in [2.45, 2.75) is 25.8 Å². The second-order valence-electron chi connectivity index (χ2n) is 5.99. The van der Waals surface area contributed by atoms with Gasteiger partial charge in [0.15, 0.2) is 0 Å². The van der Waals surface area contributed by atoms with Gasteiger partial charge in [0.2, 0.25) is 0 Å². The second-order valence-corrected chi connectivity index (χ2v) is 5.99. The molecule has 23 heavy (non-hydrogen) atoms. The fourth-order valence-corrected chi connectivity index (χ4v) is 3.33. The molecule has 0 saturated carbocycles. The van der Waals surface area contributed by atoms with Gasteiger partial charge in [0.05, 0.1) is 17.1 Å². The maximum atomic E-state index is 13.1. The molecule has 1 aromatic carbocycles. The molecule has 5 nitrogen and oxygen atoms in total. The Morgan fingerprint density at radius 3 is 2.96 bits per heavy atom. The van der Waals surface area contributed by atoms with Crippen molar-refractivity contribution in [2.75, 3.05) is 6.54 Å². The number of nitrogens with zero attached hydrogens (tertiary/aromatic N) is 3. The minimum absolute atomic E-state index is 0.0233. The van der Waals surface area contributed by atoms with Gasteiger partial charge in [-0.15, -0.1) is 0 Å². The van der Waals surface area contributed by atoms with E-state index in [1.807, 2.05) is 48.4 Å². The molecule has 4 rings (SSSR count). The Hall–Kier alpha value is -2.69. The lowest BCUT2D eigenvalue weighted by Gasteiger charge is -2.23. The number of carbonyl (C=O) groups is 1. The van der Waals surface area contributed by atoms with Crippen molar-refractivity contribution in [3.8, 4) is 0 Å². The SMILES string of the molecule is Cc1cnc([C@H]2CCCN2C(=O)c2cccc3cccnc23)[nH]1. The number of benzene rings is 1. The van der Waals surface area contributed by atoms with Gasteiger partial charge in [0, 0.05) is 30.0 Å². The van der Waals surface area contributed by atoms with Gasteiger partial charge < -0.3 is 9.88 Å². The number of aromatic nitrogens is 3. The van der Waals surface area contributed by atoms with Crippen LogP contribution >= 0.6 is 0 Å². The van der Waals surface area contributed by atoms with Crippen molar-refractivity contribution >= 4 is 16.8 Å². The Bertz CT molecular complexity index is 865. The van der Waals surface area contributed by atoms with Crippen LogP contribution in [-0.4, -0.2) is 32.3 Å². The summed E-state index contributed by atoms with van der Waals surface area (Å²) in [6.07, 6.45) is 5.48. The molecule has 1 atom stereocenters. The van der Waals surface area contributed by atoms with Gasteiger partial charge in [-0.05, 0) is 31.9 Å². The highest BCUT2D eigenvalue weighted by molar-refractivity contribution is 6.05. The van der Waals surface area contributed by atoms with Gasteiger partial charge in [-0.25, -0.2) is 4.98 Å². The molecular weight excluding hydrogens is 288 g/mol. The van der Waals surface area contributed by atoms with Gasteiger partial charge in [0.25, 0.3) is 5.91 Å². The van der Waals surface area contributed by atoms with E-state index >= 15 is 0 Å². The topological polar surface area (TPSA) is 61.9 Å². The summed E-state index contributed by atoms with van der Waals surface area (Å²) >= 11 is 0. The van der Waals surface area contributed by atoms with Crippen molar-refractivity contribution < 1.29 is 4.79 Å². The maximum absolute atomic E-state index is 13.1. The van der Waals surface area contributed by atoms with E-state index in [0.717, 1.165) is 41.8 Å². The summed E-state index contributed by atoms with van der Waals surface area (Å²) in [7, 11) is 0. The number of aromatic amines is 1. The molecule has 1 aliphatic heterocycles. The molecule has 0 bridgehead atoms. The first-order chi connectivity index (χ1) is 11.2. The smallest absolute Gasteiger partial charge is 0.256 e. The lowest BCUT2D eigenvalue weighted by atomic mass is 10.1. The molecule has 1 N–H and O–H groups in total. The van der Waals surface area contributed by atoms with Crippen molar-refractivity contribution in [1.29, 1.82) is 0 Å². The Morgan fingerprint density at radius 1 is 1.26 bits per heavy atom. The zero-order chi connectivity index (χ0) is 15.8. The van der Waals surface area contributed by atoms with E-state index in [2.05, 4.69) is 15.0 Å². The van der Waals surface area contributed by atoms with E-state index in [1.165, 1.54) is 0 Å². The predicted octanol–water partition coefficient (Wildman–Crippen LogP) is 3.24. The van der Waals surface area contributed by atoms with E-state index in [1.54, 1.807) is 6.20 Å². The lowest BCUT2D eigenvalue weighted by molar-refractivity contribution is 0.0732. The molecule has 0 spiro atoms. The maximum Gasteiger partial charge on any atom is 0.256 e. The van der Waals surface area contributed by atoms with Crippen LogP contribution < -0.4 is 0 Å². The summed E-state index contributed by atoms with van der Waals surface area (Å²) in [6, 6.07) is 9.66. The van der Waals surface area contributed by atoms with Crippen molar-refractivity contribution in [2.24, 2.45) is 0 Å². The van der Waals surface area contributed by atoms with Crippen LogP contribution in [0.1, 0.15) is 40.8 Å². The number of nitrogens with one attached hydrogen (secondary N) is 1. The number of hydrogen-bond donors (Lipinski definition) is 1. The number of rotatable bonds is 2. The van der Waals surface area contributed by atoms with Gasteiger partial charge in [-0.3, -0.25) is 9.78 Å². The number of amides is 1. The Kier molecular flexibility index (Phi) is 3.33. The normalized spacial score (nSPS) is 17.8. The number of carbonyl (C=O) groups excluding carboxylic acids is 1. The number of fused-ring (bicyclic) bond motifs is 1. The summed E-state index contributed by atoms with van der Waals surface area (Å²) in [5.74, 6) is 0.910. The fourth-order valence-electron chi connectivity index (χ4n) is 3.33. The second kappa shape index (κ2) is 5.50. The highest BCUT2D eigenvalue weighted by Crippen LogP contribution is 2.32. The van der Waals surface area contributed by atoms with E-state index in [9.17, 15) is 4.79 Å². The fraction of sp³-hybridized carbons (Fsp3) is 0.278. The summed E-state index contributed by atoms with van der Waals surface area (Å²) in [6.45, 7) is 2.73. The third kappa shape index (κ3) is 2.38. The molecular formula is C18H18N4O. The third-order valence-electron chi connectivity index (χ3n) is 4.41. The van der Waals surface area contributed by atoms with Crippen molar-refractivity contribution in [1.82, 2.24) is 19.9 Å². The van der Waals surface area contributed by atoms with Crippen LogP contribution in [0.5, 0.6) is 0 Å². The summed E-state index contributed by atoms with van der Waals surface area (Å²) in [5.41, 5.74) is 2.45. The number of para-hydroxylation sites is 1. The summed E-state index contributed by atoms with van der Waals surface area (Å²) in [4.78, 5) is 27.1. The molecule has 1 fully saturated rings. The Balaban J connectivity index is 1.72. The molecule has 2 aromatic heterocycles. The monoisotopic (exact) mass is 306 g/mol. The van der Waals surface area contributed by atoms with Crippen LogP contribution in [0.2, 0.25) is 0 Å². The number of imidazole rings is 1. The van der Waals surface area contributed by atoms with E-state index in [4.69, 9.17) is 0 Å². The van der Waals surface area contributed by atoms with E-state index in [-0.39, 0.29) is 11.9 Å². The van der Waals surface area contributed by atoms with Gasteiger partial charge >= 0.3 is 0 Å². The Morgan fingerprint density at radius 2 is 2.13 bits per heavy atom. The standard InChI is InChI=1S/C18H18N4O/c1-12-11-20-17(21-12)15-8-4-10-22(15)18(23)14-7-2-5-13-6-3-9-19-16(13)14/h2-3,5-7,9,11,15H,4,8,10H2,1H3,(H,20,21)/t15-/m1/s1. The zero-order valence-corrected chi connectivity index (χ0v) is 13.0. The minimum Gasteiger partial charge on any atom is -0.344 e. The minimum atomic E-state index is 0.0233. The zero-order valence-electron chi connectivity index (χ0n) is 13.0. The molecule has 5 heteroatoms. The first-order valence-corrected chi connectivity index (χ1v) is 7.90. The average molecular weight is 306 g/mol. The molecule has 0 aliphatic carbocycles. The van der Waals surface area contributed by atoms with Gasteiger partial charge in [0.1, 0.15) is 5.82 Å². The van der Waals surface area contributed by atoms with Crippen molar-refractivity contribution in [3.05, 3.63) is 59.8 Å². The van der Waals surface area contributed by atoms with Crippen molar-refractivity contribution in [3.63, 3.8) is 0 Å². The molecule has 3 aromatic rings. The van der Waals surface area contributed by atoms with Crippen LogP contribution in [0, 0.1) is 6.92 Å². The van der Waals surface area contributed by atoms with Gasteiger partial charge in [-0.1, -0.05) is 18.2 Å². The lowest BCUT2D eigenvalue weighted by Crippen LogP contribution is -2.31. The number of pyridine rings is 1. The summed E-state index contributed by atoms with van der Waals surface area (Å²) < 4.78 is 0. The highest BCUT2D eigenvalue weighted by atomic mass is 16.2. The number of hydrogen-bond acceptors (Lipinski definition) is 3. The number of H-pyrrole nitrogens is 1. The first-order valence-electron chi connectivity index (χ1n) is 7.90. The molecule has 1 saturated heterocycles. The molecule has 0 radical (unpaired) electrons. The highest BCUT2D eigenvalue weighted by Gasteiger charge is 2.33. The quantitative estimate of drug-likeness (QED) is 0.790. The molecule has 116 valence electrons. The van der Waals surface area contributed by atoms with Crippen LogP contribution in [0.4, 0.5) is 0 Å². The molecule has 1 aliphatic rings. The molecule has 3 heterocycles. The van der Waals surface area contributed by atoms with Crippen LogP contribution in [-0.2, 0) is 0 Å². The van der Waals surface area contributed by atoms with E-state index in [0.29, 0.717) is 5.56 Å². The molecule has 0 unspecified atom stereocenters. The third-order valence-corrected chi connectivity index (χ3v) is 4.41.